The molecule has 0 aromatic rings. The molecule has 0 bridgehead atoms. The van der Waals surface area contributed by atoms with Gasteiger partial charge >= 0.3 is 0 Å². The van der Waals surface area contributed by atoms with Crippen molar-refractivity contribution >= 4 is 0 Å². The number of rotatable bonds is 3. The van der Waals surface area contributed by atoms with Crippen molar-refractivity contribution in [3.8, 4) is 0 Å². The van der Waals surface area contributed by atoms with Crippen molar-refractivity contribution in [2.45, 2.75) is 44.6 Å². The van der Waals surface area contributed by atoms with Gasteiger partial charge in [0.1, 0.15) is 0 Å². The van der Waals surface area contributed by atoms with Crippen molar-refractivity contribution in [1.29, 1.82) is 0 Å². The van der Waals surface area contributed by atoms with Gasteiger partial charge in [0.2, 0.25) is 0 Å². The molecule has 2 aliphatic heterocycles. The van der Waals surface area contributed by atoms with E-state index in [0.29, 0.717) is 5.54 Å². The molecule has 0 aromatic heterocycles. The zero-order valence-electron chi connectivity index (χ0n) is 11.8. The molecule has 1 aliphatic carbocycles. The summed E-state index contributed by atoms with van der Waals surface area (Å²) >= 11 is 0. The first-order chi connectivity index (χ1) is 8.76. The maximum Gasteiger partial charge on any atom is 0.0506 e. The molecule has 3 heteroatoms. The number of ether oxygens (including phenoxy) is 1. The average Bonchev–Trinajstić information content (AvgIpc) is 3.19. The minimum Gasteiger partial charge on any atom is -0.381 e. The lowest BCUT2D eigenvalue weighted by Gasteiger charge is -2.36. The van der Waals surface area contributed by atoms with E-state index in [0.717, 1.165) is 25.0 Å². The van der Waals surface area contributed by atoms with Gasteiger partial charge in [-0.3, -0.25) is 0 Å². The normalized spacial score (nSPS) is 39.5. The Morgan fingerprint density at radius 1 is 1.28 bits per heavy atom. The third kappa shape index (κ3) is 3.06. The third-order valence-electron chi connectivity index (χ3n) is 4.98. The molecule has 2 saturated heterocycles. The first-order valence-corrected chi connectivity index (χ1v) is 7.81. The van der Waals surface area contributed by atoms with Gasteiger partial charge in [-0.1, -0.05) is 0 Å². The summed E-state index contributed by atoms with van der Waals surface area (Å²) in [5.74, 6) is 1.71. The molecular weight excluding hydrogens is 224 g/mol. The lowest BCUT2D eigenvalue weighted by atomic mass is 9.94. The van der Waals surface area contributed by atoms with E-state index in [4.69, 9.17) is 4.74 Å². The van der Waals surface area contributed by atoms with Gasteiger partial charge in [0, 0.05) is 25.2 Å². The molecule has 0 aromatic carbocycles. The van der Waals surface area contributed by atoms with Crippen LogP contribution in [0.3, 0.4) is 0 Å². The van der Waals surface area contributed by atoms with Crippen LogP contribution in [0.1, 0.15) is 39.0 Å². The van der Waals surface area contributed by atoms with Crippen LogP contribution in [0.2, 0.25) is 0 Å². The highest BCUT2D eigenvalue weighted by Gasteiger charge is 2.43. The molecule has 3 aliphatic rings. The van der Waals surface area contributed by atoms with Gasteiger partial charge < -0.3 is 15.0 Å². The maximum atomic E-state index is 5.62. The Labute approximate surface area is 111 Å². The van der Waals surface area contributed by atoms with E-state index in [1.165, 1.54) is 58.3 Å². The highest BCUT2D eigenvalue weighted by atomic mass is 16.5. The van der Waals surface area contributed by atoms with Crippen molar-refractivity contribution < 1.29 is 4.74 Å². The maximum absolute atomic E-state index is 5.62. The lowest BCUT2D eigenvalue weighted by molar-refractivity contribution is 0.0354. The van der Waals surface area contributed by atoms with Gasteiger partial charge in [0.15, 0.2) is 0 Å². The van der Waals surface area contributed by atoms with E-state index >= 15 is 0 Å². The van der Waals surface area contributed by atoms with E-state index in [2.05, 4.69) is 17.1 Å². The van der Waals surface area contributed by atoms with Gasteiger partial charge in [0.05, 0.1) is 6.61 Å². The summed E-state index contributed by atoms with van der Waals surface area (Å²) < 4.78 is 5.62. The monoisotopic (exact) mass is 252 g/mol. The summed E-state index contributed by atoms with van der Waals surface area (Å²) in [7, 11) is 0. The molecule has 0 radical (unpaired) electrons. The minimum absolute atomic E-state index is 0.381. The highest BCUT2D eigenvalue weighted by molar-refractivity contribution is 5.01. The fourth-order valence-corrected chi connectivity index (χ4v) is 3.74. The van der Waals surface area contributed by atoms with Gasteiger partial charge in [-0.2, -0.15) is 0 Å². The largest absolute Gasteiger partial charge is 0.381 e. The molecular formula is C15H28N2O. The Hall–Kier alpha value is -0.120. The zero-order chi connectivity index (χ0) is 12.4. The molecule has 3 nitrogen and oxygen atoms in total. The first-order valence-electron chi connectivity index (χ1n) is 7.81. The second kappa shape index (κ2) is 5.48. The van der Waals surface area contributed by atoms with Gasteiger partial charge in [-0.05, 0) is 64.0 Å². The average molecular weight is 252 g/mol. The van der Waals surface area contributed by atoms with E-state index in [1.54, 1.807) is 0 Å². The van der Waals surface area contributed by atoms with Crippen LogP contribution < -0.4 is 5.32 Å². The number of nitrogens with zero attached hydrogens (tertiary/aromatic N) is 1. The second-order valence-corrected chi connectivity index (χ2v) is 6.79. The number of nitrogens with one attached hydrogen (secondary N) is 1. The van der Waals surface area contributed by atoms with E-state index in [9.17, 15) is 0 Å². The van der Waals surface area contributed by atoms with Crippen LogP contribution >= 0.6 is 0 Å². The topological polar surface area (TPSA) is 24.5 Å². The van der Waals surface area contributed by atoms with Crippen LogP contribution in [0, 0.1) is 11.8 Å². The van der Waals surface area contributed by atoms with Gasteiger partial charge in [0.25, 0.3) is 0 Å². The molecule has 1 saturated carbocycles. The van der Waals surface area contributed by atoms with Gasteiger partial charge in [-0.15, -0.1) is 0 Å². The predicted octanol–water partition coefficient (Wildman–Crippen LogP) is 1.88. The van der Waals surface area contributed by atoms with Crippen molar-refractivity contribution in [3.63, 3.8) is 0 Å². The molecule has 3 rings (SSSR count). The zero-order valence-corrected chi connectivity index (χ0v) is 11.8. The Bertz CT molecular complexity index is 274. The quantitative estimate of drug-likeness (QED) is 0.830. The van der Waals surface area contributed by atoms with E-state index in [1.807, 2.05) is 0 Å². The van der Waals surface area contributed by atoms with Crippen LogP contribution in [-0.2, 0) is 4.74 Å². The van der Waals surface area contributed by atoms with Crippen LogP contribution in [0.15, 0.2) is 0 Å². The van der Waals surface area contributed by atoms with E-state index < -0.39 is 0 Å². The fourth-order valence-electron chi connectivity index (χ4n) is 3.74. The van der Waals surface area contributed by atoms with Crippen molar-refractivity contribution in [1.82, 2.24) is 10.2 Å². The van der Waals surface area contributed by atoms with Crippen LogP contribution in [0.5, 0.6) is 0 Å². The molecule has 18 heavy (non-hydrogen) atoms. The molecule has 0 amide bonds. The SMILES string of the molecule is CC1(C2CC2)CN(CC2CCCOC2)CCCN1. The standard InChI is InChI=1S/C15H28N2O/c1-15(14-5-6-14)12-17(8-3-7-16-15)10-13-4-2-9-18-11-13/h13-14,16H,2-12H2,1H3. The summed E-state index contributed by atoms with van der Waals surface area (Å²) in [6.07, 6.45) is 6.80. The number of hydrogen-bond acceptors (Lipinski definition) is 3. The Morgan fingerprint density at radius 3 is 2.89 bits per heavy atom. The molecule has 2 unspecified atom stereocenters. The third-order valence-corrected chi connectivity index (χ3v) is 4.98. The summed E-state index contributed by atoms with van der Waals surface area (Å²) in [4.78, 5) is 2.71. The van der Waals surface area contributed by atoms with E-state index in [-0.39, 0.29) is 0 Å². The van der Waals surface area contributed by atoms with Crippen LogP contribution in [0.4, 0.5) is 0 Å². The Balaban J connectivity index is 1.56. The van der Waals surface area contributed by atoms with Crippen molar-refractivity contribution in [3.05, 3.63) is 0 Å². The molecule has 3 fully saturated rings. The lowest BCUT2D eigenvalue weighted by Crippen LogP contribution is -2.51. The second-order valence-electron chi connectivity index (χ2n) is 6.79. The highest BCUT2D eigenvalue weighted by Crippen LogP contribution is 2.40. The van der Waals surface area contributed by atoms with Crippen LogP contribution in [-0.4, -0.2) is 49.8 Å². The molecule has 2 atom stereocenters. The molecule has 104 valence electrons. The Kier molecular flexibility index (Phi) is 3.92. The molecule has 0 spiro atoms. The Morgan fingerprint density at radius 2 is 2.17 bits per heavy atom. The van der Waals surface area contributed by atoms with Crippen LogP contribution in [0.25, 0.3) is 0 Å². The summed E-state index contributed by atoms with van der Waals surface area (Å²) in [5.41, 5.74) is 0.381. The predicted molar refractivity (Wildman–Crippen MR) is 73.7 cm³/mol. The minimum atomic E-state index is 0.381. The fraction of sp³-hybridized carbons (Fsp3) is 1.00. The first kappa shape index (κ1) is 12.9. The van der Waals surface area contributed by atoms with Crippen molar-refractivity contribution in [2.75, 3.05) is 39.4 Å². The summed E-state index contributed by atoms with van der Waals surface area (Å²) in [6, 6.07) is 0. The molecule has 2 heterocycles. The summed E-state index contributed by atoms with van der Waals surface area (Å²) in [5, 5.41) is 3.81. The molecule has 1 N–H and O–H groups in total. The van der Waals surface area contributed by atoms with Gasteiger partial charge in [-0.25, -0.2) is 0 Å². The number of hydrogen-bond donors (Lipinski definition) is 1. The van der Waals surface area contributed by atoms with Crippen molar-refractivity contribution in [2.24, 2.45) is 11.8 Å². The smallest absolute Gasteiger partial charge is 0.0506 e. The summed E-state index contributed by atoms with van der Waals surface area (Å²) in [6.45, 7) is 9.39.